The molecule has 0 aliphatic carbocycles. The van der Waals surface area contributed by atoms with E-state index < -0.39 is 29.3 Å². The fourth-order valence-corrected chi connectivity index (χ4v) is 2.75. The lowest BCUT2D eigenvalue weighted by molar-refractivity contribution is -0.114. The van der Waals surface area contributed by atoms with Crippen molar-refractivity contribution in [2.75, 3.05) is 14.2 Å². The summed E-state index contributed by atoms with van der Waals surface area (Å²) >= 11 is 6.06. The van der Waals surface area contributed by atoms with Crippen molar-refractivity contribution < 1.29 is 27.9 Å². The van der Waals surface area contributed by atoms with E-state index in [0.717, 1.165) is 18.5 Å². The number of amides is 1. The number of oxime groups is 1. The molecule has 1 N–H and O–H groups in total. The van der Waals surface area contributed by atoms with Crippen LogP contribution >= 0.6 is 11.6 Å². The lowest BCUT2D eigenvalue weighted by Gasteiger charge is -2.13. The number of nitrogens with one attached hydrogen (secondary N) is 1. The molecule has 2 aromatic carbocycles. The van der Waals surface area contributed by atoms with E-state index in [-0.39, 0.29) is 22.8 Å². The topological polar surface area (TPSA) is 94.9 Å². The molecule has 1 heterocycles. The molecule has 0 saturated heterocycles. The van der Waals surface area contributed by atoms with Crippen molar-refractivity contribution in [3.8, 4) is 23.3 Å². The number of hydrogen-bond donors (Lipinski definition) is 1. The molecule has 3 aromatic rings. The van der Waals surface area contributed by atoms with Gasteiger partial charge >= 0.3 is 0 Å². The molecule has 0 radical (unpaired) electrons. The molecule has 0 bridgehead atoms. The highest BCUT2D eigenvalue weighted by Gasteiger charge is 2.23. The largest absolute Gasteiger partial charge is 0.436 e. The van der Waals surface area contributed by atoms with E-state index in [1.807, 2.05) is 0 Å². The third-order valence-corrected chi connectivity index (χ3v) is 4.59. The molecule has 166 valence electrons. The molecular weight excluding hydrogens is 446 g/mol. The predicted molar refractivity (Wildman–Crippen MR) is 112 cm³/mol. The van der Waals surface area contributed by atoms with Crippen LogP contribution in [0.2, 0.25) is 5.02 Å². The first-order valence-corrected chi connectivity index (χ1v) is 9.48. The van der Waals surface area contributed by atoms with Gasteiger partial charge in [0.25, 0.3) is 17.7 Å². The summed E-state index contributed by atoms with van der Waals surface area (Å²) in [6.07, 6.45) is 1.01. The van der Waals surface area contributed by atoms with Gasteiger partial charge in [-0.3, -0.25) is 4.79 Å². The number of halogens is 3. The first-order chi connectivity index (χ1) is 15.3. The van der Waals surface area contributed by atoms with Gasteiger partial charge in [-0.2, -0.15) is 14.4 Å². The van der Waals surface area contributed by atoms with Gasteiger partial charge in [-0.15, -0.1) is 0 Å². The molecule has 0 saturated carbocycles. The Hall–Kier alpha value is -3.79. The number of ether oxygens (including phenoxy) is 2. The smallest absolute Gasteiger partial charge is 0.273 e. The highest BCUT2D eigenvalue weighted by molar-refractivity contribution is 6.45. The number of rotatable bonds is 7. The Morgan fingerprint density at radius 1 is 1.09 bits per heavy atom. The molecule has 3 rings (SSSR count). The normalized spacial score (nSPS) is 11.1. The molecule has 1 aromatic heterocycles. The van der Waals surface area contributed by atoms with Crippen LogP contribution in [-0.2, 0) is 9.63 Å². The predicted octanol–water partition coefficient (Wildman–Crippen LogP) is 4.40. The van der Waals surface area contributed by atoms with E-state index in [4.69, 9.17) is 25.9 Å². The van der Waals surface area contributed by atoms with Gasteiger partial charge in [-0.25, -0.2) is 4.39 Å². The summed E-state index contributed by atoms with van der Waals surface area (Å²) in [6.45, 7) is 1.70. The van der Waals surface area contributed by atoms with Crippen LogP contribution in [0.25, 0.3) is 0 Å². The summed E-state index contributed by atoms with van der Waals surface area (Å²) in [5.74, 6) is -3.32. The van der Waals surface area contributed by atoms with Gasteiger partial charge in [0, 0.05) is 23.7 Å². The number of likely N-dealkylation sites (N-methyl/N-ethyl adjacent to an activating group) is 1. The van der Waals surface area contributed by atoms with Gasteiger partial charge in [0.15, 0.2) is 5.71 Å². The summed E-state index contributed by atoms with van der Waals surface area (Å²) in [5, 5.41) is 6.46. The Morgan fingerprint density at radius 2 is 1.78 bits per heavy atom. The lowest BCUT2D eigenvalue weighted by Crippen LogP contribution is -2.29. The van der Waals surface area contributed by atoms with Gasteiger partial charge in [0.05, 0.1) is 5.56 Å². The number of carbonyl (C=O) groups excluding carboxylic acids is 1. The van der Waals surface area contributed by atoms with Gasteiger partial charge in [-0.05, 0) is 31.2 Å². The first-order valence-electron chi connectivity index (χ1n) is 9.10. The Labute approximate surface area is 186 Å². The third kappa shape index (κ3) is 4.92. The summed E-state index contributed by atoms with van der Waals surface area (Å²) in [5.41, 5.74) is 0.400. The maximum absolute atomic E-state index is 15.0. The van der Waals surface area contributed by atoms with Gasteiger partial charge in [0.2, 0.25) is 5.82 Å². The summed E-state index contributed by atoms with van der Waals surface area (Å²) in [6, 6.07) is 8.16. The van der Waals surface area contributed by atoms with Crippen LogP contribution in [0.1, 0.15) is 11.1 Å². The fourth-order valence-electron chi connectivity index (χ4n) is 2.59. The van der Waals surface area contributed by atoms with Gasteiger partial charge in [0.1, 0.15) is 30.8 Å². The minimum absolute atomic E-state index is 0.0405. The van der Waals surface area contributed by atoms with Crippen LogP contribution in [0.5, 0.6) is 23.3 Å². The van der Waals surface area contributed by atoms with Crippen molar-refractivity contribution in [2.24, 2.45) is 5.16 Å². The third-order valence-electron chi connectivity index (χ3n) is 4.18. The Balaban J connectivity index is 2.00. The number of hydrogen-bond acceptors (Lipinski definition) is 7. The summed E-state index contributed by atoms with van der Waals surface area (Å²) in [4.78, 5) is 24.4. The molecule has 0 aliphatic heterocycles. The van der Waals surface area contributed by atoms with Gasteiger partial charge in [-0.1, -0.05) is 22.8 Å². The van der Waals surface area contributed by atoms with Crippen LogP contribution in [0.3, 0.4) is 0 Å². The average Bonchev–Trinajstić information content (AvgIpc) is 2.78. The van der Waals surface area contributed by atoms with Crippen LogP contribution in [-0.4, -0.2) is 35.7 Å². The second kappa shape index (κ2) is 10.0. The molecule has 32 heavy (non-hydrogen) atoms. The van der Waals surface area contributed by atoms with E-state index in [0.29, 0.717) is 10.6 Å². The van der Waals surface area contributed by atoms with E-state index >= 15 is 4.39 Å². The molecule has 0 fully saturated rings. The van der Waals surface area contributed by atoms with E-state index in [1.165, 1.54) is 20.2 Å². The number of carbonyl (C=O) groups is 1. The maximum atomic E-state index is 15.0. The molecule has 1 amide bonds. The Kier molecular flexibility index (Phi) is 7.16. The average molecular weight is 463 g/mol. The number of benzene rings is 2. The fraction of sp³-hybridized carbons (Fsp3) is 0.143. The summed E-state index contributed by atoms with van der Waals surface area (Å²) in [7, 11) is 2.61. The number of nitrogens with zero attached hydrogens (tertiary/aromatic N) is 3. The number of aromatic nitrogens is 2. The van der Waals surface area contributed by atoms with Gasteiger partial charge < -0.3 is 19.6 Å². The molecule has 0 aliphatic rings. The second-order valence-corrected chi connectivity index (χ2v) is 6.61. The van der Waals surface area contributed by atoms with Crippen molar-refractivity contribution in [2.45, 2.75) is 6.92 Å². The molecule has 0 spiro atoms. The highest BCUT2D eigenvalue weighted by atomic mass is 35.5. The van der Waals surface area contributed by atoms with Crippen LogP contribution in [0.4, 0.5) is 8.78 Å². The van der Waals surface area contributed by atoms with Crippen molar-refractivity contribution in [3.63, 3.8) is 0 Å². The zero-order valence-electron chi connectivity index (χ0n) is 17.1. The van der Waals surface area contributed by atoms with E-state index in [2.05, 4.69) is 20.4 Å². The van der Waals surface area contributed by atoms with Crippen LogP contribution < -0.4 is 14.8 Å². The minimum atomic E-state index is -1.05. The monoisotopic (exact) mass is 462 g/mol. The Morgan fingerprint density at radius 3 is 2.44 bits per heavy atom. The lowest BCUT2D eigenvalue weighted by atomic mass is 10.1. The van der Waals surface area contributed by atoms with Crippen molar-refractivity contribution in [3.05, 3.63) is 70.5 Å². The zero-order valence-corrected chi connectivity index (χ0v) is 17.9. The quantitative estimate of drug-likeness (QED) is 0.413. The van der Waals surface area contributed by atoms with Crippen molar-refractivity contribution >= 4 is 23.2 Å². The van der Waals surface area contributed by atoms with E-state index in [1.54, 1.807) is 25.1 Å². The molecule has 8 nitrogen and oxygen atoms in total. The molecular formula is C21H17ClF2N4O4. The summed E-state index contributed by atoms with van der Waals surface area (Å²) < 4.78 is 40.0. The SMILES string of the molecule is CNC(=O)/C(=N/OC)c1ccc(F)cc1Oc1ncnc(Oc2cccc(Cl)c2C)c1F. The molecule has 11 heteroatoms. The maximum Gasteiger partial charge on any atom is 0.273 e. The van der Waals surface area contributed by atoms with Crippen LogP contribution in [0.15, 0.2) is 47.9 Å². The standard InChI is InChI=1S/C21H17ClF2N4O4/c1-11-14(22)5-4-6-15(11)31-20-17(24)21(27-10-26-20)32-16-9-12(23)7-8-13(16)18(28-30-3)19(29)25-2/h4-10H,1-3H3,(H,25,29)/b28-18+. The molecule has 0 atom stereocenters. The van der Waals surface area contributed by atoms with E-state index in [9.17, 15) is 9.18 Å². The Bertz CT molecular complexity index is 1190. The first kappa shape index (κ1) is 22.9. The molecule has 0 unspecified atom stereocenters. The highest BCUT2D eigenvalue weighted by Crippen LogP contribution is 2.34. The second-order valence-electron chi connectivity index (χ2n) is 6.21. The van der Waals surface area contributed by atoms with Crippen molar-refractivity contribution in [1.29, 1.82) is 0 Å². The zero-order chi connectivity index (χ0) is 23.3. The minimum Gasteiger partial charge on any atom is -0.436 e. The van der Waals surface area contributed by atoms with Crippen LogP contribution in [0, 0.1) is 18.6 Å². The van der Waals surface area contributed by atoms with Crippen molar-refractivity contribution in [1.82, 2.24) is 15.3 Å².